The van der Waals surface area contributed by atoms with Crippen molar-refractivity contribution in [2.24, 2.45) is 0 Å². The summed E-state index contributed by atoms with van der Waals surface area (Å²) in [6.07, 6.45) is 1.09. The average Bonchev–Trinajstić information content (AvgIpc) is 2.40. The van der Waals surface area contributed by atoms with Crippen molar-refractivity contribution in [3.8, 4) is 0 Å². The molecule has 110 valence electrons. The van der Waals surface area contributed by atoms with Crippen molar-refractivity contribution in [2.75, 3.05) is 12.4 Å². The summed E-state index contributed by atoms with van der Waals surface area (Å²) in [6, 6.07) is 6.00. The molecule has 1 aromatic carbocycles. The van der Waals surface area contributed by atoms with Gasteiger partial charge < -0.3 is 21.1 Å². The SMILES string of the molecule is CCC[C@H](NC(=O)Nc1ccccc1CNC)C(=O)O. The smallest absolute Gasteiger partial charge is 0.326 e. The summed E-state index contributed by atoms with van der Waals surface area (Å²) in [5.74, 6) is -1.02. The maximum Gasteiger partial charge on any atom is 0.326 e. The van der Waals surface area contributed by atoms with Crippen molar-refractivity contribution in [3.05, 3.63) is 29.8 Å². The topological polar surface area (TPSA) is 90.5 Å². The third-order valence-electron chi connectivity index (χ3n) is 2.81. The normalized spacial score (nSPS) is 11.7. The lowest BCUT2D eigenvalue weighted by atomic mass is 10.1. The number of amides is 2. The lowest BCUT2D eigenvalue weighted by Crippen LogP contribution is -2.43. The molecule has 0 unspecified atom stereocenters. The number of carbonyl (C=O) groups excluding carboxylic acids is 1. The van der Waals surface area contributed by atoms with Gasteiger partial charge in [0.05, 0.1) is 0 Å². The van der Waals surface area contributed by atoms with Crippen LogP contribution in [0, 0.1) is 0 Å². The number of carboxylic acid groups (broad SMARTS) is 1. The number of nitrogens with one attached hydrogen (secondary N) is 3. The maximum absolute atomic E-state index is 11.9. The number of benzene rings is 1. The van der Waals surface area contributed by atoms with E-state index in [2.05, 4.69) is 16.0 Å². The molecule has 0 saturated carbocycles. The fourth-order valence-electron chi connectivity index (χ4n) is 1.85. The Labute approximate surface area is 118 Å². The Bertz CT molecular complexity index is 463. The number of para-hydroxylation sites is 1. The van der Waals surface area contributed by atoms with E-state index in [0.29, 0.717) is 25.1 Å². The molecule has 1 rings (SSSR count). The second-order valence-electron chi connectivity index (χ2n) is 4.47. The number of hydrogen-bond donors (Lipinski definition) is 4. The van der Waals surface area contributed by atoms with Crippen molar-refractivity contribution in [3.63, 3.8) is 0 Å². The Morgan fingerprint density at radius 1 is 1.30 bits per heavy atom. The van der Waals surface area contributed by atoms with Gasteiger partial charge in [0.1, 0.15) is 6.04 Å². The molecule has 6 heteroatoms. The minimum atomic E-state index is -1.02. The first-order valence-electron chi connectivity index (χ1n) is 6.61. The molecule has 6 nitrogen and oxygen atoms in total. The van der Waals surface area contributed by atoms with Crippen LogP contribution < -0.4 is 16.0 Å². The van der Waals surface area contributed by atoms with E-state index in [-0.39, 0.29) is 0 Å². The van der Waals surface area contributed by atoms with Gasteiger partial charge in [-0.05, 0) is 25.1 Å². The molecule has 0 radical (unpaired) electrons. The summed E-state index contributed by atoms with van der Waals surface area (Å²) in [6.45, 7) is 2.49. The van der Waals surface area contributed by atoms with Gasteiger partial charge in [-0.3, -0.25) is 0 Å². The Morgan fingerprint density at radius 3 is 2.60 bits per heavy atom. The Balaban J connectivity index is 2.68. The molecule has 0 aromatic heterocycles. The predicted molar refractivity (Wildman–Crippen MR) is 77.7 cm³/mol. The molecule has 0 aliphatic carbocycles. The van der Waals surface area contributed by atoms with E-state index in [9.17, 15) is 9.59 Å². The van der Waals surface area contributed by atoms with Crippen LogP contribution in [0.15, 0.2) is 24.3 Å². The third-order valence-corrected chi connectivity index (χ3v) is 2.81. The van der Waals surface area contributed by atoms with Gasteiger partial charge in [-0.2, -0.15) is 0 Å². The maximum atomic E-state index is 11.9. The fourth-order valence-corrected chi connectivity index (χ4v) is 1.85. The van der Waals surface area contributed by atoms with Gasteiger partial charge in [-0.15, -0.1) is 0 Å². The zero-order chi connectivity index (χ0) is 15.0. The molecule has 0 heterocycles. The molecule has 0 aliphatic rings. The quantitative estimate of drug-likeness (QED) is 0.612. The van der Waals surface area contributed by atoms with E-state index in [1.165, 1.54) is 0 Å². The van der Waals surface area contributed by atoms with Crippen LogP contribution in [-0.2, 0) is 11.3 Å². The molecule has 1 atom stereocenters. The van der Waals surface area contributed by atoms with Crippen LogP contribution in [0.25, 0.3) is 0 Å². The summed E-state index contributed by atoms with van der Waals surface area (Å²) in [7, 11) is 1.82. The van der Waals surface area contributed by atoms with Gasteiger partial charge in [-0.25, -0.2) is 9.59 Å². The summed E-state index contributed by atoms with van der Waals surface area (Å²) in [4.78, 5) is 22.8. The van der Waals surface area contributed by atoms with Gasteiger partial charge in [0, 0.05) is 12.2 Å². The highest BCUT2D eigenvalue weighted by Crippen LogP contribution is 2.14. The minimum Gasteiger partial charge on any atom is -0.480 e. The molecule has 0 saturated heterocycles. The van der Waals surface area contributed by atoms with Gasteiger partial charge in [0.15, 0.2) is 0 Å². The van der Waals surface area contributed by atoms with E-state index < -0.39 is 18.0 Å². The van der Waals surface area contributed by atoms with Gasteiger partial charge in [0.25, 0.3) is 0 Å². The molecule has 0 aliphatic heterocycles. The number of hydrogen-bond acceptors (Lipinski definition) is 3. The first-order chi connectivity index (χ1) is 9.58. The number of rotatable bonds is 7. The Kier molecular flexibility index (Phi) is 6.52. The summed E-state index contributed by atoms with van der Waals surface area (Å²) >= 11 is 0. The highest BCUT2D eigenvalue weighted by Gasteiger charge is 2.18. The number of urea groups is 1. The zero-order valence-electron chi connectivity index (χ0n) is 11.8. The van der Waals surface area contributed by atoms with Crippen molar-refractivity contribution in [1.82, 2.24) is 10.6 Å². The molecule has 0 fully saturated rings. The highest BCUT2D eigenvalue weighted by molar-refractivity contribution is 5.92. The summed E-state index contributed by atoms with van der Waals surface area (Å²) in [5, 5.41) is 17.2. The van der Waals surface area contributed by atoms with Crippen LogP contribution in [0.2, 0.25) is 0 Å². The number of carboxylic acids is 1. The van der Waals surface area contributed by atoms with Crippen molar-refractivity contribution < 1.29 is 14.7 Å². The van der Waals surface area contributed by atoms with Crippen LogP contribution >= 0.6 is 0 Å². The molecule has 0 bridgehead atoms. The van der Waals surface area contributed by atoms with Gasteiger partial charge in [-0.1, -0.05) is 31.5 Å². The number of carbonyl (C=O) groups is 2. The van der Waals surface area contributed by atoms with E-state index in [4.69, 9.17) is 5.11 Å². The summed E-state index contributed by atoms with van der Waals surface area (Å²) < 4.78 is 0. The second-order valence-corrected chi connectivity index (χ2v) is 4.47. The Morgan fingerprint density at radius 2 is 2.00 bits per heavy atom. The fraction of sp³-hybridized carbons (Fsp3) is 0.429. The van der Waals surface area contributed by atoms with Crippen molar-refractivity contribution >= 4 is 17.7 Å². The number of anilines is 1. The lowest BCUT2D eigenvalue weighted by molar-refractivity contribution is -0.139. The molecule has 0 spiro atoms. The molecule has 1 aromatic rings. The minimum absolute atomic E-state index is 0.404. The average molecular weight is 279 g/mol. The van der Waals surface area contributed by atoms with Crippen LogP contribution in [0.5, 0.6) is 0 Å². The highest BCUT2D eigenvalue weighted by atomic mass is 16.4. The molecule has 2 amide bonds. The van der Waals surface area contributed by atoms with Crippen LogP contribution in [0.4, 0.5) is 10.5 Å². The van der Waals surface area contributed by atoms with Gasteiger partial charge >= 0.3 is 12.0 Å². The van der Waals surface area contributed by atoms with Crippen LogP contribution in [0.1, 0.15) is 25.3 Å². The Hall–Kier alpha value is -2.08. The van der Waals surface area contributed by atoms with Crippen LogP contribution in [0.3, 0.4) is 0 Å². The molecular weight excluding hydrogens is 258 g/mol. The second kappa shape index (κ2) is 8.16. The zero-order valence-corrected chi connectivity index (χ0v) is 11.8. The van der Waals surface area contributed by atoms with E-state index >= 15 is 0 Å². The first-order valence-corrected chi connectivity index (χ1v) is 6.61. The largest absolute Gasteiger partial charge is 0.480 e. The molecule has 4 N–H and O–H groups in total. The van der Waals surface area contributed by atoms with Crippen molar-refractivity contribution in [2.45, 2.75) is 32.4 Å². The van der Waals surface area contributed by atoms with Crippen molar-refractivity contribution in [1.29, 1.82) is 0 Å². The van der Waals surface area contributed by atoms with Gasteiger partial charge in [0.2, 0.25) is 0 Å². The van der Waals surface area contributed by atoms with E-state index in [1.807, 2.05) is 32.2 Å². The monoisotopic (exact) mass is 279 g/mol. The molecule has 20 heavy (non-hydrogen) atoms. The molecular formula is C14H21N3O3. The number of aliphatic carboxylic acids is 1. The summed E-state index contributed by atoms with van der Waals surface area (Å²) in [5.41, 5.74) is 1.60. The third kappa shape index (κ3) is 4.89. The van der Waals surface area contributed by atoms with Crippen LogP contribution in [-0.4, -0.2) is 30.2 Å². The predicted octanol–water partition coefficient (Wildman–Crippen LogP) is 1.78. The van der Waals surface area contributed by atoms with E-state index in [1.54, 1.807) is 6.07 Å². The first kappa shape index (κ1) is 16.0. The standard InChI is InChI=1S/C14H21N3O3/c1-3-6-12(13(18)19)17-14(20)16-11-8-5-4-7-10(11)9-15-2/h4-5,7-8,12,15H,3,6,9H2,1-2H3,(H,18,19)(H2,16,17,20)/t12-/m0/s1. The van der Waals surface area contributed by atoms with E-state index in [0.717, 1.165) is 5.56 Å². The lowest BCUT2D eigenvalue weighted by Gasteiger charge is -2.16.